The van der Waals surface area contributed by atoms with Crippen molar-refractivity contribution in [3.05, 3.63) is 113 Å². The first-order valence-electron chi connectivity index (χ1n) is 14.4. The molecule has 0 spiro atoms. The zero-order valence-corrected chi connectivity index (χ0v) is 24.4. The van der Waals surface area contributed by atoms with Gasteiger partial charge in [-0.15, -0.1) is 0 Å². The number of nitrogens with zero attached hydrogens (tertiary/aromatic N) is 5. The number of aryl methyl sites for hydroxylation is 1. The van der Waals surface area contributed by atoms with Gasteiger partial charge in [-0.2, -0.15) is 5.26 Å². The van der Waals surface area contributed by atoms with Gasteiger partial charge in [0.2, 0.25) is 5.88 Å². The molecule has 228 valence electrons. The van der Waals surface area contributed by atoms with Gasteiger partial charge in [0.25, 0.3) is 0 Å². The number of hydrogen-bond donors (Lipinski definition) is 1. The first-order valence-corrected chi connectivity index (χ1v) is 14.4. The third-order valence-electron chi connectivity index (χ3n) is 8.01. The van der Waals surface area contributed by atoms with Crippen LogP contribution in [0.1, 0.15) is 51.8 Å². The Bertz CT molecular complexity index is 1910. The summed E-state index contributed by atoms with van der Waals surface area (Å²) >= 11 is 0. The molecule has 0 atom stereocenters. The maximum absolute atomic E-state index is 14.3. The van der Waals surface area contributed by atoms with Crippen LogP contribution in [0.4, 0.5) is 8.78 Å². The van der Waals surface area contributed by atoms with Crippen LogP contribution < -0.4 is 9.47 Å². The maximum atomic E-state index is 14.3. The van der Waals surface area contributed by atoms with Crippen molar-refractivity contribution in [1.82, 2.24) is 19.4 Å². The van der Waals surface area contributed by atoms with Gasteiger partial charge in [-0.05, 0) is 80.5 Å². The van der Waals surface area contributed by atoms with E-state index in [1.807, 2.05) is 29.8 Å². The van der Waals surface area contributed by atoms with E-state index in [1.165, 1.54) is 36.4 Å². The fraction of sp³-hybridized carbons (Fsp3) is 0.235. The molecule has 1 fully saturated rings. The topological polar surface area (TPSA) is 114 Å². The van der Waals surface area contributed by atoms with Crippen LogP contribution in [-0.4, -0.2) is 43.6 Å². The Labute approximate surface area is 257 Å². The van der Waals surface area contributed by atoms with Gasteiger partial charge in [-0.3, -0.25) is 4.90 Å². The highest BCUT2D eigenvalue weighted by molar-refractivity contribution is 5.95. The Morgan fingerprint density at radius 2 is 1.82 bits per heavy atom. The molecule has 0 saturated carbocycles. The molecule has 3 aromatic carbocycles. The SMILES string of the molecule is Cn1c(CN2CCC(c3cccc(OCc4ccc(C#N)cc4F)n3)CC2)nc2c(Oc3ccc(F)cc3)cc(C(=O)O)cc21. The van der Waals surface area contributed by atoms with Crippen molar-refractivity contribution >= 4 is 17.0 Å². The predicted octanol–water partition coefficient (Wildman–Crippen LogP) is 6.57. The van der Waals surface area contributed by atoms with Crippen molar-refractivity contribution in [2.45, 2.75) is 31.9 Å². The molecule has 1 N–H and O–H groups in total. The van der Waals surface area contributed by atoms with Crippen LogP contribution in [0.2, 0.25) is 0 Å². The van der Waals surface area contributed by atoms with Gasteiger partial charge in [0.1, 0.15) is 35.3 Å². The molecule has 0 unspecified atom stereocenters. The molecule has 3 heterocycles. The molecule has 1 saturated heterocycles. The first-order chi connectivity index (χ1) is 21.8. The fourth-order valence-corrected chi connectivity index (χ4v) is 5.49. The number of halogens is 2. The van der Waals surface area contributed by atoms with Gasteiger partial charge >= 0.3 is 5.97 Å². The number of likely N-dealkylation sites (tertiary alicyclic amines) is 1. The van der Waals surface area contributed by atoms with E-state index in [9.17, 15) is 18.7 Å². The van der Waals surface area contributed by atoms with E-state index in [4.69, 9.17) is 19.7 Å². The number of carboxylic acid groups (broad SMARTS) is 1. The molecule has 0 aliphatic carbocycles. The zero-order chi connectivity index (χ0) is 31.5. The molecule has 1 aliphatic heterocycles. The summed E-state index contributed by atoms with van der Waals surface area (Å²) in [6.07, 6.45) is 1.74. The minimum Gasteiger partial charge on any atom is -0.478 e. The van der Waals surface area contributed by atoms with E-state index < -0.39 is 17.6 Å². The maximum Gasteiger partial charge on any atom is 0.335 e. The Morgan fingerprint density at radius 1 is 1.04 bits per heavy atom. The van der Waals surface area contributed by atoms with Gasteiger partial charge in [-0.1, -0.05) is 12.1 Å². The van der Waals surface area contributed by atoms with Crippen molar-refractivity contribution in [3.8, 4) is 23.4 Å². The zero-order valence-electron chi connectivity index (χ0n) is 24.4. The van der Waals surface area contributed by atoms with Crippen LogP contribution in [0.5, 0.6) is 17.4 Å². The predicted molar refractivity (Wildman–Crippen MR) is 161 cm³/mol. The number of aromatic nitrogens is 3. The Kier molecular flexibility index (Phi) is 8.40. The number of benzene rings is 3. The summed E-state index contributed by atoms with van der Waals surface area (Å²) in [6.45, 7) is 2.17. The second-order valence-electron chi connectivity index (χ2n) is 10.9. The van der Waals surface area contributed by atoms with Crippen molar-refractivity contribution in [3.63, 3.8) is 0 Å². The van der Waals surface area contributed by atoms with Gasteiger partial charge < -0.3 is 19.1 Å². The molecule has 45 heavy (non-hydrogen) atoms. The molecule has 0 radical (unpaired) electrons. The van der Waals surface area contributed by atoms with Crippen LogP contribution in [0.15, 0.2) is 72.8 Å². The van der Waals surface area contributed by atoms with Crippen molar-refractivity contribution in [2.24, 2.45) is 7.05 Å². The summed E-state index contributed by atoms with van der Waals surface area (Å²) in [5, 5.41) is 18.6. The van der Waals surface area contributed by atoms with E-state index in [2.05, 4.69) is 9.88 Å². The van der Waals surface area contributed by atoms with Gasteiger partial charge in [0, 0.05) is 30.3 Å². The number of ether oxygens (including phenoxy) is 2. The average Bonchev–Trinajstić information content (AvgIpc) is 3.36. The van der Waals surface area contributed by atoms with Crippen LogP contribution in [0.25, 0.3) is 11.0 Å². The summed E-state index contributed by atoms with van der Waals surface area (Å²) in [7, 11) is 1.85. The highest BCUT2D eigenvalue weighted by Gasteiger charge is 2.24. The van der Waals surface area contributed by atoms with E-state index >= 15 is 0 Å². The fourth-order valence-electron chi connectivity index (χ4n) is 5.49. The Balaban J connectivity index is 1.12. The molecule has 0 bridgehead atoms. The number of carboxylic acids is 1. The lowest BCUT2D eigenvalue weighted by Crippen LogP contribution is -2.33. The van der Waals surface area contributed by atoms with Crippen LogP contribution in [0.3, 0.4) is 0 Å². The minimum atomic E-state index is -1.09. The van der Waals surface area contributed by atoms with Gasteiger partial charge in [0.05, 0.1) is 29.3 Å². The number of pyridine rings is 1. The molecular weight excluding hydrogens is 580 g/mol. The lowest BCUT2D eigenvalue weighted by atomic mass is 9.93. The number of aromatic carboxylic acids is 1. The lowest BCUT2D eigenvalue weighted by molar-refractivity contribution is 0.0696. The molecule has 0 amide bonds. The van der Waals surface area contributed by atoms with Crippen molar-refractivity contribution in [1.29, 1.82) is 5.26 Å². The largest absolute Gasteiger partial charge is 0.478 e. The van der Waals surface area contributed by atoms with Gasteiger partial charge in [0.15, 0.2) is 5.75 Å². The second kappa shape index (κ2) is 12.7. The number of nitriles is 1. The summed E-state index contributed by atoms with van der Waals surface area (Å²) < 4.78 is 41.3. The van der Waals surface area contributed by atoms with E-state index in [-0.39, 0.29) is 29.4 Å². The molecule has 11 heteroatoms. The highest BCUT2D eigenvalue weighted by atomic mass is 19.1. The van der Waals surface area contributed by atoms with Crippen molar-refractivity contribution in [2.75, 3.05) is 13.1 Å². The smallest absolute Gasteiger partial charge is 0.335 e. The van der Waals surface area contributed by atoms with Crippen LogP contribution in [-0.2, 0) is 20.2 Å². The molecular formula is C34H29F2N5O4. The minimum absolute atomic E-state index is 0.00900. The summed E-state index contributed by atoms with van der Waals surface area (Å²) in [6, 6.07) is 20.3. The Hall–Kier alpha value is -5.34. The first kappa shape index (κ1) is 29.7. The summed E-state index contributed by atoms with van der Waals surface area (Å²) in [4.78, 5) is 23.7. The Morgan fingerprint density at radius 3 is 2.53 bits per heavy atom. The van der Waals surface area contributed by atoms with Crippen LogP contribution >= 0.6 is 0 Å². The monoisotopic (exact) mass is 609 g/mol. The van der Waals surface area contributed by atoms with E-state index in [0.29, 0.717) is 34.8 Å². The number of carbonyl (C=O) groups is 1. The normalized spacial score (nSPS) is 13.9. The number of fused-ring (bicyclic) bond motifs is 1. The third-order valence-corrected chi connectivity index (χ3v) is 8.01. The number of hydrogen-bond acceptors (Lipinski definition) is 7. The number of imidazole rings is 1. The number of piperidine rings is 1. The van der Waals surface area contributed by atoms with Crippen molar-refractivity contribution < 1.29 is 28.2 Å². The highest BCUT2D eigenvalue weighted by Crippen LogP contribution is 2.33. The van der Waals surface area contributed by atoms with Crippen LogP contribution in [0, 0.1) is 23.0 Å². The number of rotatable bonds is 9. The lowest BCUT2D eigenvalue weighted by Gasteiger charge is -2.31. The van der Waals surface area contributed by atoms with E-state index in [0.717, 1.165) is 37.4 Å². The molecule has 1 aliphatic rings. The third kappa shape index (κ3) is 6.61. The molecule has 5 aromatic rings. The van der Waals surface area contributed by atoms with E-state index in [1.54, 1.807) is 24.3 Å². The molecule has 6 rings (SSSR count). The standard InChI is InChI=1S/C34H29F2N5O4/c1-40-29-16-24(34(42)43)17-30(45-26-9-7-25(35)8-10-26)33(29)39-31(40)19-41-13-11-22(12-14-41)28-3-2-4-32(38-28)44-20-23-6-5-21(18-37)15-27(23)36/h2-10,15-17,22H,11-14,19-20H2,1H3,(H,42,43). The summed E-state index contributed by atoms with van der Waals surface area (Å²) in [5.41, 5.74) is 2.74. The average molecular weight is 610 g/mol. The molecule has 2 aromatic heterocycles. The van der Waals surface area contributed by atoms with Gasteiger partial charge in [-0.25, -0.2) is 23.5 Å². The quantitative estimate of drug-likeness (QED) is 0.200. The molecule has 9 nitrogen and oxygen atoms in total. The second-order valence-corrected chi connectivity index (χ2v) is 10.9. The summed E-state index contributed by atoms with van der Waals surface area (Å²) in [5.74, 6) is 0.0874.